The van der Waals surface area contributed by atoms with Crippen LogP contribution in [0.3, 0.4) is 0 Å². The molecule has 0 saturated carbocycles. The number of fused-ring (bicyclic) bond motifs is 10. The number of benzene rings is 3. The van der Waals surface area contributed by atoms with Crippen molar-refractivity contribution in [3.8, 4) is 0 Å². The van der Waals surface area contributed by atoms with Crippen LogP contribution >= 0.6 is 35.3 Å². The van der Waals surface area contributed by atoms with Crippen LogP contribution in [0.15, 0.2) is 93.8 Å². The van der Waals surface area contributed by atoms with E-state index in [2.05, 4.69) is 79.1 Å². The third-order valence-electron chi connectivity index (χ3n) is 20.9. The van der Waals surface area contributed by atoms with E-state index in [1.807, 2.05) is 0 Å². The Kier molecular flexibility index (Phi) is 36.9. The van der Waals surface area contributed by atoms with E-state index >= 15 is 9.59 Å². The Balaban J connectivity index is 1.23. The van der Waals surface area contributed by atoms with Gasteiger partial charge in [-0.25, -0.2) is 25.3 Å². The molecule has 20 N–H and O–H groups in total. The van der Waals surface area contributed by atoms with Crippen LogP contribution < -0.4 is 74.9 Å². The van der Waals surface area contributed by atoms with Crippen molar-refractivity contribution in [2.75, 3.05) is 78.5 Å². The molecule has 0 spiro atoms. The van der Waals surface area contributed by atoms with Gasteiger partial charge < -0.3 is 105 Å². The van der Waals surface area contributed by atoms with Crippen molar-refractivity contribution < 1.29 is 117 Å². The van der Waals surface area contributed by atoms with Crippen molar-refractivity contribution in [3.63, 3.8) is 0 Å². The molecule has 14 amide bonds. The number of nitrogens with two attached hydrogens (primary N) is 1. The number of carboxylic acids is 2. The average Bonchev–Trinajstić information content (AvgIpc) is 1.69. The Labute approximate surface area is 744 Å². The summed E-state index contributed by atoms with van der Waals surface area (Å²) in [5.41, 5.74) is 7.81. The standard InChI is InChI=1S/C79H107N17O25S6/c1-40(2)65-77(113)89-56(32-64(102)103)70(106)84-36-62(99)86-54(27-44-33-82-51-15-10-8-13-49(44)51)72(108)94-66(41(3)4)79(115)96-20-12-17-60(96)76(112)90-57(68(80)104)37-122-21-24-125(116,117)46-29-47-31-48(30-46)127(120,121)26-23-124-39-59(91-69(105)42(5)85-61(98)35-81-7)75(111)95-67(43(6)97)78(114)87-53(18-19-63(100)101)71(107)92-58(38-123-22-25-126(47,118)119)74(110)88-55(73(109)93-65)28-45-34-83-52-16-11-9-14-50(45)52/h8-11,13-16,29-31,33-34,40-43,53-60,65-67,81-83,97H,12,17-28,32,35-39H2,1-7H3,(H2,80,104)(H,84,106)(H,85,98)(H,86,99)(H,87,114)(H,88,110)(H,89,113)(H,90,112)(H,91,105)(H,92,107)(H,93,109)(H,94,108)(H,95,111)(H,100,101)(H,102,103)/t42-,43+,53-,54-,55-,56-,57-,58-,59-,60-,65-,66-,67-/m0/s1. The van der Waals surface area contributed by atoms with E-state index in [0.717, 1.165) is 18.7 Å². The molecule has 3 aliphatic rings. The molecule has 3 aromatic carbocycles. The third kappa shape index (κ3) is 28.8. The molecule has 0 aliphatic carbocycles. The molecule has 1 saturated heterocycles. The second-order valence-electron chi connectivity index (χ2n) is 31.3. The molecule has 0 radical (unpaired) electrons. The molecule has 1 fully saturated rings. The Bertz CT molecular complexity index is 5300. The number of aromatic nitrogens is 2. The Hall–Kier alpha value is -10.9. The van der Waals surface area contributed by atoms with E-state index in [4.69, 9.17) is 5.73 Å². The van der Waals surface area contributed by atoms with Crippen molar-refractivity contribution in [1.29, 1.82) is 0 Å². The van der Waals surface area contributed by atoms with Crippen LogP contribution in [0.2, 0.25) is 0 Å². The van der Waals surface area contributed by atoms with Crippen LogP contribution in [0.5, 0.6) is 0 Å². The number of aliphatic hydroxyl groups excluding tert-OH is 1. The summed E-state index contributed by atoms with van der Waals surface area (Å²) in [6.07, 6.45) is -2.11. The zero-order valence-electron chi connectivity index (χ0n) is 70.4. The number of carboxylic acid groups (broad SMARTS) is 2. The molecule has 8 rings (SSSR count). The number of aliphatic carboxylic acids is 2. The Morgan fingerprint density at radius 3 is 1.55 bits per heavy atom. The van der Waals surface area contributed by atoms with Crippen molar-refractivity contribution in [3.05, 3.63) is 90.3 Å². The van der Waals surface area contributed by atoms with Crippen LogP contribution in [0.25, 0.3) is 21.8 Å². The van der Waals surface area contributed by atoms with Gasteiger partial charge in [-0.15, -0.1) is 0 Å². The molecule has 694 valence electrons. The normalized spacial score (nSPS) is 24.9. The summed E-state index contributed by atoms with van der Waals surface area (Å²) in [6, 6.07) is -5.01. The van der Waals surface area contributed by atoms with Gasteiger partial charge in [-0.05, 0) is 93.5 Å². The van der Waals surface area contributed by atoms with Gasteiger partial charge >= 0.3 is 11.9 Å². The number of aromatic amines is 2. The number of primary amides is 1. The number of sulfone groups is 3. The summed E-state index contributed by atoms with van der Waals surface area (Å²) >= 11 is 2.06. The topological polar surface area (TPSA) is 653 Å². The SMILES string of the molecule is CNCC(=O)N[C@@H](C)C(=O)N[C@H]1CSCCS(=O)(=O)c2cc3cc(c2)S(=O)(=O)CCSC[C@H](NC(=O)[C@H](CCC(=O)O)NC(=O)[C@H]([C@@H](C)O)NC1=O)C(=O)N[C@@H](Cc1c[nH]c2ccccc12)C(=O)N[C@@H](C(C)C)C(=O)N[C@@H](CC(=O)O)C(=O)NCC(=O)N[C@@H](Cc1c[nH]c2ccccc12)C(=O)N[C@@H](C(C)C)C(=O)N1CCC[C@H]1C(=O)N[C@H](C(N)=O)CSCCS3(=O)=O. The number of carbonyl (C=O) groups excluding carboxylic acids is 14. The molecule has 13 atom stereocenters. The first-order chi connectivity index (χ1) is 59.9. The van der Waals surface area contributed by atoms with Gasteiger partial charge in [-0.2, -0.15) is 35.3 Å². The Morgan fingerprint density at radius 1 is 0.543 bits per heavy atom. The van der Waals surface area contributed by atoms with Gasteiger partial charge in [0.25, 0.3) is 0 Å². The van der Waals surface area contributed by atoms with Crippen molar-refractivity contribution >= 4 is 181 Å². The average molecular weight is 1890 g/mol. The number of H-pyrrole nitrogens is 2. The molecule has 42 nitrogen and oxygen atoms in total. The van der Waals surface area contributed by atoms with Gasteiger partial charge in [0.15, 0.2) is 29.5 Å². The van der Waals surface area contributed by atoms with Crippen LogP contribution in [-0.2, 0) is 119 Å². The maximum absolute atomic E-state index is 15.4. The summed E-state index contributed by atoms with van der Waals surface area (Å²) in [5.74, 6) is -26.2. The van der Waals surface area contributed by atoms with E-state index < -0.39 is 313 Å². The third-order valence-corrected chi connectivity index (χ3v) is 29.9. The van der Waals surface area contributed by atoms with Gasteiger partial charge in [0.1, 0.15) is 72.5 Å². The van der Waals surface area contributed by atoms with Crippen LogP contribution in [0.1, 0.15) is 84.8 Å². The van der Waals surface area contributed by atoms with Crippen molar-refractivity contribution in [2.45, 2.75) is 180 Å². The molecule has 2 aromatic heterocycles. The molecular formula is C79H107N17O25S6. The first kappa shape index (κ1) is 101. The van der Waals surface area contributed by atoms with E-state index in [0.29, 0.717) is 74.7 Å². The number of nitrogens with zero attached hydrogens (tertiary/aromatic N) is 1. The first-order valence-electron chi connectivity index (χ1n) is 40.5. The number of amides is 14. The highest BCUT2D eigenvalue weighted by Crippen LogP contribution is 2.29. The summed E-state index contributed by atoms with van der Waals surface area (Å²) in [5, 5.41) is 64.4. The fourth-order valence-electron chi connectivity index (χ4n) is 13.9. The van der Waals surface area contributed by atoms with Crippen LogP contribution in [0.4, 0.5) is 0 Å². The summed E-state index contributed by atoms with van der Waals surface area (Å²) in [4.78, 5) is 231. The number of aliphatic hydroxyl groups is 1. The van der Waals surface area contributed by atoms with E-state index in [1.165, 1.54) is 38.9 Å². The highest BCUT2D eigenvalue weighted by Gasteiger charge is 2.43. The number of para-hydroxylation sites is 2. The highest BCUT2D eigenvalue weighted by atomic mass is 32.2. The molecule has 5 heterocycles. The molecular weight excluding hydrogens is 1780 g/mol. The van der Waals surface area contributed by atoms with Gasteiger partial charge in [0.2, 0.25) is 82.7 Å². The van der Waals surface area contributed by atoms with Crippen molar-refractivity contribution in [2.24, 2.45) is 17.6 Å². The number of hydrogen-bond donors (Lipinski definition) is 19. The maximum Gasteiger partial charge on any atom is 0.305 e. The maximum atomic E-state index is 15.4. The number of thioether (sulfide) groups is 3. The minimum absolute atomic E-state index is 0.0345. The fourth-order valence-corrected chi connectivity index (χ4v) is 22.6. The number of likely N-dealkylation sites (N-methyl/N-ethyl adjacent to an activating group) is 1. The highest BCUT2D eigenvalue weighted by molar-refractivity contribution is 8.01. The lowest BCUT2D eigenvalue weighted by molar-refractivity contribution is -0.143. The number of hydrogen-bond acceptors (Lipinski definition) is 27. The predicted molar refractivity (Wildman–Crippen MR) is 467 cm³/mol. The smallest absolute Gasteiger partial charge is 0.305 e. The van der Waals surface area contributed by atoms with Crippen LogP contribution in [-0.4, -0.2) is 307 Å². The Morgan fingerprint density at radius 2 is 1.03 bits per heavy atom. The molecule has 0 unspecified atom stereocenters. The monoisotopic (exact) mass is 1890 g/mol. The van der Waals surface area contributed by atoms with E-state index in [-0.39, 0.29) is 32.4 Å². The van der Waals surface area contributed by atoms with Gasteiger partial charge in [0.05, 0.1) is 57.6 Å². The lowest BCUT2D eigenvalue weighted by atomic mass is 9.99. The number of rotatable bonds is 18. The zero-order valence-corrected chi connectivity index (χ0v) is 75.3. The lowest BCUT2D eigenvalue weighted by Crippen LogP contribution is -2.62. The van der Waals surface area contributed by atoms with Gasteiger partial charge in [0, 0.05) is 94.5 Å². The first-order valence-corrected chi connectivity index (χ1v) is 48.9. The van der Waals surface area contributed by atoms with E-state index in [9.17, 15) is 108 Å². The second-order valence-corrected chi connectivity index (χ2v) is 41.1. The number of carbonyl (C=O) groups is 16. The molecule has 48 heteroatoms. The quantitative estimate of drug-likeness (QED) is 0.0396. The summed E-state index contributed by atoms with van der Waals surface area (Å²) in [6.45, 7) is 7.04. The van der Waals surface area contributed by atoms with Gasteiger partial charge in [-0.3, -0.25) is 76.7 Å². The predicted octanol–water partition coefficient (Wildman–Crippen LogP) is -4.12. The molecule has 4 bridgehead atoms. The van der Waals surface area contributed by atoms with Crippen LogP contribution in [0, 0.1) is 11.8 Å². The second kappa shape index (κ2) is 46.2. The fraction of sp³-hybridized carbons (Fsp3) is 0.519. The summed E-state index contributed by atoms with van der Waals surface area (Å²) < 4.78 is 88.3. The minimum Gasteiger partial charge on any atom is -0.481 e. The molecule has 5 aromatic rings. The number of nitrogens with one attached hydrogen (secondary N) is 15. The largest absolute Gasteiger partial charge is 0.481 e. The van der Waals surface area contributed by atoms with Gasteiger partial charge in [-0.1, -0.05) is 64.1 Å². The minimum atomic E-state index is -4.90. The zero-order chi connectivity index (χ0) is 93.5. The summed E-state index contributed by atoms with van der Waals surface area (Å²) in [7, 11) is -13.1. The van der Waals surface area contributed by atoms with Crippen molar-refractivity contribution in [1.82, 2.24) is 84.0 Å². The lowest BCUT2D eigenvalue weighted by Gasteiger charge is -2.32. The van der Waals surface area contributed by atoms with E-state index in [1.54, 1.807) is 68.6 Å². The molecule has 127 heavy (non-hydrogen) atoms. The molecule has 3 aliphatic heterocycles.